The molecule has 1 aliphatic carbocycles. The van der Waals surface area contributed by atoms with Crippen molar-refractivity contribution >= 4 is 0 Å². The third kappa shape index (κ3) is 3.18. The first-order valence-electron chi connectivity index (χ1n) is 7.27. The number of halogens is 2. The molecule has 1 atom stereocenters. The normalized spacial score (nSPS) is 19.8. The highest BCUT2D eigenvalue weighted by atomic mass is 19.2. The van der Waals surface area contributed by atoms with Gasteiger partial charge < -0.3 is 10.1 Å². The van der Waals surface area contributed by atoms with Gasteiger partial charge in [0, 0.05) is 13.2 Å². The van der Waals surface area contributed by atoms with Crippen LogP contribution in [-0.2, 0) is 11.2 Å². The Bertz CT molecular complexity index is 444. The van der Waals surface area contributed by atoms with Crippen molar-refractivity contribution in [1.29, 1.82) is 0 Å². The lowest BCUT2D eigenvalue weighted by Crippen LogP contribution is -2.53. The van der Waals surface area contributed by atoms with Crippen LogP contribution in [0.1, 0.15) is 37.7 Å². The van der Waals surface area contributed by atoms with Gasteiger partial charge in [0.2, 0.25) is 0 Å². The molecular weight excluding hydrogens is 260 g/mol. The van der Waals surface area contributed by atoms with Crippen LogP contribution >= 0.6 is 0 Å². The standard InChI is InChI=1S/C16H23F2NO/c1-19-15(16(20-2)8-4-3-5-9-16)11-12-6-7-13(17)14(18)10-12/h6-7,10,15,19H,3-5,8-9,11H2,1-2H3. The van der Waals surface area contributed by atoms with Gasteiger partial charge in [-0.2, -0.15) is 0 Å². The Morgan fingerprint density at radius 1 is 1.20 bits per heavy atom. The maximum absolute atomic E-state index is 13.3. The minimum atomic E-state index is -0.797. The van der Waals surface area contributed by atoms with E-state index in [2.05, 4.69) is 5.32 Å². The van der Waals surface area contributed by atoms with Crippen molar-refractivity contribution in [2.75, 3.05) is 14.2 Å². The molecule has 0 spiro atoms. The number of hydrogen-bond acceptors (Lipinski definition) is 2. The van der Waals surface area contributed by atoms with E-state index in [9.17, 15) is 8.78 Å². The highest BCUT2D eigenvalue weighted by molar-refractivity contribution is 5.20. The van der Waals surface area contributed by atoms with Gasteiger partial charge in [0.1, 0.15) is 0 Å². The molecular formula is C16H23F2NO. The summed E-state index contributed by atoms with van der Waals surface area (Å²) in [5.41, 5.74) is 0.600. The van der Waals surface area contributed by atoms with E-state index in [1.54, 1.807) is 13.2 Å². The van der Waals surface area contributed by atoms with E-state index in [-0.39, 0.29) is 11.6 Å². The third-order valence-electron chi connectivity index (χ3n) is 4.51. The number of benzene rings is 1. The molecule has 1 aliphatic rings. The second kappa shape index (κ2) is 6.64. The lowest BCUT2D eigenvalue weighted by molar-refractivity contribution is -0.0657. The molecule has 2 rings (SSSR count). The monoisotopic (exact) mass is 283 g/mol. The summed E-state index contributed by atoms with van der Waals surface area (Å²) in [4.78, 5) is 0. The zero-order chi connectivity index (χ0) is 14.6. The van der Waals surface area contributed by atoms with Gasteiger partial charge in [0.25, 0.3) is 0 Å². The molecule has 1 N–H and O–H groups in total. The Hall–Kier alpha value is -1.00. The number of methoxy groups -OCH3 is 1. The van der Waals surface area contributed by atoms with Gasteiger partial charge >= 0.3 is 0 Å². The van der Waals surface area contributed by atoms with Gasteiger partial charge in [-0.1, -0.05) is 25.3 Å². The number of hydrogen-bond donors (Lipinski definition) is 1. The van der Waals surface area contributed by atoms with Gasteiger partial charge in [-0.25, -0.2) is 8.78 Å². The van der Waals surface area contributed by atoms with Crippen LogP contribution in [0.25, 0.3) is 0 Å². The number of ether oxygens (including phenoxy) is 1. The first kappa shape index (κ1) is 15.4. The Morgan fingerprint density at radius 3 is 2.45 bits per heavy atom. The number of likely N-dealkylation sites (N-methyl/N-ethyl adjacent to an activating group) is 1. The van der Waals surface area contributed by atoms with Crippen LogP contribution in [-0.4, -0.2) is 25.8 Å². The summed E-state index contributed by atoms with van der Waals surface area (Å²) in [7, 11) is 3.65. The fourth-order valence-corrected chi connectivity index (χ4v) is 3.30. The van der Waals surface area contributed by atoms with Crippen molar-refractivity contribution in [3.63, 3.8) is 0 Å². The average Bonchev–Trinajstić information content (AvgIpc) is 2.49. The Balaban J connectivity index is 2.16. The van der Waals surface area contributed by atoms with E-state index in [4.69, 9.17) is 4.74 Å². The Kier molecular flexibility index (Phi) is 5.11. The molecule has 0 bridgehead atoms. The van der Waals surface area contributed by atoms with Crippen molar-refractivity contribution < 1.29 is 13.5 Å². The molecule has 2 nitrogen and oxygen atoms in total. The topological polar surface area (TPSA) is 21.3 Å². The molecule has 112 valence electrons. The number of rotatable bonds is 5. The van der Waals surface area contributed by atoms with Crippen molar-refractivity contribution in [1.82, 2.24) is 5.32 Å². The zero-order valence-corrected chi connectivity index (χ0v) is 12.2. The minimum absolute atomic E-state index is 0.109. The van der Waals surface area contributed by atoms with Crippen molar-refractivity contribution in [3.8, 4) is 0 Å². The summed E-state index contributed by atoms with van der Waals surface area (Å²) < 4.78 is 32.2. The van der Waals surface area contributed by atoms with E-state index in [1.165, 1.54) is 18.6 Å². The SMILES string of the molecule is CNC(Cc1ccc(F)c(F)c1)C1(OC)CCCCC1. The van der Waals surface area contributed by atoms with E-state index >= 15 is 0 Å². The van der Waals surface area contributed by atoms with Crippen molar-refractivity contribution in [3.05, 3.63) is 35.4 Å². The highest BCUT2D eigenvalue weighted by Gasteiger charge is 2.39. The summed E-state index contributed by atoms with van der Waals surface area (Å²) >= 11 is 0. The zero-order valence-electron chi connectivity index (χ0n) is 12.2. The quantitative estimate of drug-likeness (QED) is 0.893. The maximum Gasteiger partial charge on any atom is 0.159 e. The van der Waals surface area contributed by atoms with Crippen LogP contribution in [0.3, 0.4) is 0 Å². The molecule has 4 heteroatoms. The van der Waals surface area contributed by atoms with Crippen LogP contribution in [0.2, 0.25) is 0 Å². The highest BCUT2D eigenvalue weighted by Crippen LogP contribution is 2.35. The molecule has 0 radical (unpaired) electrons. The fraction of sp³-hybridized carbons (Fsp3) is 0.625. The van der Waals surface area contributed by atoms with Gasteiger partial charge in [0.05, 0.1) is 5.60 Å². The van der Waals surface area contributed by atoms with Gasteiger partial charge in [-0.15, -0.1) is 0 Å². The van der Waals surface area contributed by atoms with Crippen LogP contribution in [0.15, 0.2) is 18.2 Å². The molecule has 0 heterocycles. The summed E-state index contributed by atoms with van der Waals surface area (Å²) in [6.45, 7) is 0. The number of nitrogens with one attached hydrogen (secondary N) is 1. The summed E-state index contributed by atoms with van der Waals surface area (Å²) in [5.74, 6) is -1.58. The van der Waals surface area contributed by atoms with Crippen LogP contribution < -0.4 is 5.32 Å². The largest absolute Gasteiger partial charge is 0.377 e. The molecule has 1 saturated carbocycles. The van der Waals surface area contributed by atoms with Crippen molar-refractivity contribution in [2.24, 2.45) is 0 Å². The summed E-state index contributed by atoms with van der Waals surface area (Å²) in [5, 5.41) is 3.30. The van der Waals surface area contributed by atoms with E-state index < -0.39 is 11.6 Å². The molecule has 1 unspecified atom stereocenters. The molecule has 0 aromatic heterocycles. The average molecular weight is 283 g/mol. The van der Waals surface area contributed by atoms with Gasteiger partial charge in [0.15, 0.2) is 11.6 Å². The lowest BCUT2D eigenvalue weighted by Gasteiger charge is -2.42. The van der Waals surface area contributed by atoms with E-state index in [1.807, 2.05) is 7.05 Å². The second-order valence-electron chi connectivity index (χ2n) is 5.62. The van der Waals surface area contributed by atoms with Gasteiger partial charge in [-0.05, 0) is 44.0 Å². The van der Waals surface area contributed by atoms with Crippen LogP contribution in [0.5, 0.6) is 0 Å². The van der Waals surface area contributed by atoms with E-state index in [0.717, 1.165) is 31.2 Å². The third-order valence-corrected chi connectivity index (χ3v) is 4.51. The lowest BCUT2D eigenvalue weighted by atomic mass is 9.77. The molecule has 20 heavy (non-hydrogen) atoms. The maximum atomic E-state index is 13.3. The van der Waals surface area contributed by atoms with Gasteiger partial charge in [-0.3, -0.25) is 0 Å². The first-order chi connectivity index (χ1) is 9.61. The molecule has 1 aromatic carbocycles. The fourth-order valence-electron chi connectivity index (χ4n) is 3.30. The summed E-state index contributed by atoms with van der Waals surface area (Å²) in [6, 6.07) is 4.23. The van der Waals surface area contributed by atoms with Crippen molar-refractivity contribution in [2.45, 2.75) is 50.2 Å². The second-order valence-corrected chi connectivity index (χ2v) is 5.62. The van der Waals surface area contributed by atoms with E-state index in [0.29, 0.717) is 6.42 Å². The molecule has 0 saturated heterocycles. The van der Waals surface area contributed by atoms with Crippen LogP contribution in [0.4, 0.5) is 8.78 Å². The van der Waals surface area contributed by atoms with Crippen LogP contribution in [0, 0.1) is 11.6 Å². The molecule has 0 aliphatic heterocycles. The predicted molar refractivity (Wildman–Crippen MR) is 75.7 cm³/mol. The molecule has 0 amide bonds. The Labute approximate surface area is 119 Å². The Morgan fingerprint density at radius 2 is 1.90 bits per heavy atom. The molecule has 1 aromatic rings. The smallest absolute Gasteiger partial charge is 0.159 e. The summed E-state index contributed by atoms with van der Waals surface area (Å²) in [6.07, 6.45) is 6.22. The molecule has 1 fully saturated rings. The predicted octanol–water partition coefficient (Wildman–Crippen LogP) is 3.44. The minimum Gasteiger partial charge on any atom is -0.377 e. The first-order valence-corrected chi connectivity index (χ1v) is 7.27.